The van der Waals surface area contributed by atoms with E-state index in [-0.39, 0.29) is 18.3 Å². The van der Waals surface area contributed by atoms with E-state index in [4.69, 9.17) is 5.11 Å². The smallest absolute Gasteiger partial charge is 0.317 e. The molecule has 1 aliphatic heterocycles. The number of benzene rings is 2. The Labute approximate surface area is 136 Å². The number of phenolic OH excluding ortho intramolecular Hbond substituents is 1. The number of aliphatic carboxylic acids is 1. The molecule has 1 aliphatic rings. The lowest BCUT2D eigenvalue weighted by molar-refractivity contribution is -0.139. The second kappa shape index (κ2) is 6.84. The molecule has 0 aliphatic carbocycles. The number of nitrogens with zero attached hydrogens (tertiary/aromatic N) is 1. The van der Waals surface area contributed by atoms with Gasteiger partial charge < -0.3 is 10.2 Å². The topological polar surface area (TPSA) is 60.8 Å². The maximum Gasteiger partial charge on any atom is 0.317 e. The first-order valence-electron chi connectivity index (χ1n) is 7.99. The number of aromatic hydroxyl groups is 1. The van der Waals surface area contributed by atoms with Crippen molar-refractivity contribution in [3.8, 4) is 16.9 Å². The standard InChI is InChI=1S/C19H21NO3/c21-17-10-8-15(9-11-17)14-4-6-16(7-5-14)18-3-1-2-12-20(18)13-19(22)23/h4-11,18,21H,1-3,12-13H2,(H,22,23). The van der Waals surface area contributed by atoms with Crippen LogP contribution in [-0.2, 0) is 4.79 Å². The Morgan fingerprint density at radius 1 is 1.00 bits per heavy atom. The van der Waals surface area contributed by atoms with Gasteiger partial charge in [0.25, 0.3) is 0 Å². The minimum Gasteiger partial charge on any atom is -0.508 e. The van der Waals surface area contributed by atoms with E-state index in [1.807, 2.05) is 12.1 Å². The Hall–Kier alpha value is -2.33. The Morgan fingerprint density at radius 2 is 1.61 bits per heavy atom. The second-order valence-corrected chi connectivity index (χ2v) is 6.04. The second-order valence-electron chi connectivity index (χ2n) is 6.04. The first-order chi connectivity index (χ1) is 11.1. The van der Waals surface area contributed by atoms with E-state index in [1.54, 1.807) is 12.1 Å². The summed E-state index contributed by atoms with van der Waals surface area (Å²) in [5.74, 6) is -0.505. The molecule has 1 fully saturated rings. The van der Waals surface area contributed by atoms with Gasteiger partial charge in [0.2, 0.25) is 0 Å². The molecule has 1 saturated heterocycles. The van der Waals surface area contributed by atoms with Crippen LogP contribution in [0.5, 0.6) is 5.75 Å². The molecular weight excluding hydrogens is 290 g/mol. The molecule has 2 aromatic carbocycles. The highest BCUT2D eigenvalue weighted by Crippen LogP contribution is 2.32. The molecule has 0 bridgehead atoms. The van der Waals surface area contributed by atoms with Crippen LogP contribution in [0.3, 0.4) is 0 Å². The number of hydrogen-bond acceptors (Lipinski definition) is 3. The van der Waals surface area contributed by atoms with Crippen LogP contribution in [0.2, 0.25) is 0 Å². The van der Waals surface area contributed by atoms with Gasteiger partial charge in [-0.2, -0.15) is 0 Å². The van der Waals surface area contributed by atoms with Crippen molar-refractivity contribution >= 4 is 5.97 Å². The molecule has 0 radical (unpaired) electrons. The van der Waals surface area contributed by atoms with E-state index in [2.05, 4.69) is 29.2 Å². The van der Waals surface area contributed by atoms with Gasteiger partial charge >= 0.3 is 5.97 Å². The lowest BCUT2D eigenvalue weighted by atomic mass is 9.93. The summed E-state index contributed by atoms with van der Waals surface area (Å²) in [6, 6.07) is 15.6. The number of carboxylic acid groups (broad SMARTS) is 1. The number of carbonyl (C=O) groups is 1. The number of piperidine rings is 1. The van der Waals surface area contributed by atoms with Crippen molar-refractivity contribution in [1.29, 1.82) is 0 Å². The number of phenols is 1. The first kappa shape index (κ1) is 15.6. The number of hydrogen-bond donors (Lipinski definition) is 2. The van der Waals surface area contributed by atoms with E-state index < -0.39 is 5.97 Å². The third kappa shape index (κ3) is 3.71. The molecule has 4 heteroatoms. The predicted octanol–water partition coefficient (Wildman–Crippen LogP) is 3.67. The molecule has 120 valence electrons. The van der Waals surface area contributed by atoms with Gasteiger partial charge in [-0.3, -0.25) is 9.69 Å². The molecule has 1 unspecified atom stereocenters. The highest BCUT2D eigenvalue weighted by atomic mass is 16.4. The van der Waals surface area contributed by atoms with Gasteiger partial charge in [0.05, 0.1) is 6.54 Å². The van der Waals surface area contributed by atoms with Crippen molar-refractivity contribution in [3.63, 3.8) is 0 Å². The highest BCUT2D eigenvalue weighted by Gasteiger charge is 2.25. The van der Waals surface area contributed by atoms with Crippen LogP contribution in [0.4, 0.5) is 0 Å². The summed E-state index contributed by atoms with van der Waals surface area (Å²) in [4.78, 5) is 13.1. The molecule has 1 heterocycles. The third-order valence-corrected chi connectivity index (χ3v) is 4.45. The maximum atomic E-state index is 11.0. The fourth-order valence-corrected chi connectivity index (χ4v) is 3.28. The molecule has 0 spiro atoms. The molecule has 1 atom stereocenters. The Kier molecular flexibility index (Phi) is 4.63. The van der Waals surface area contributed by atoms with Crippen molar-refractivity contribution < 1.29 is 15.0 Å². The van der Waals surface area contributed by atoms with Crippen molar-refractivity contribution in [2.45, 2.75) is 25.3 Å². The van der Waals surface area contributed by atoms with Crippen molar-refractivity contribution in [1.82, 2.24) is 4.90 Å². The molecule has 3 rings (SSSR count). The van der Waals surface area contributed by atoms with Gasteiger partial charge in [-0.1, -0.05) is 42.8 Å². The van der Waals surface area contributed by atoms with Crippen LogP contribution in [0, 0.1) is 0 Å². The summed E-state index contributed by atoms with van der Waals surface area (Å²) in [5, 5.41) is 18.4. The fourth-order valence-electron chi connectivity index (χ4n) is 3.28. The molecule has 0 amide bonds. The Morgan fingerprint density at radius 3 is 2.22 bits per heavy atom. The molecule has 23 heavy (non-hydrogen) atoms. The molecule has 2 N–H and O–H groups in total. The maximum absolute atomic E-state index is 11.0. The summed E-state index contributed by atoms with van der Waals surface area (Å²) >= 11 is 0. The predicted molar refractivity (Wildman–Crippen MR) is 89.3 cm³/mol. The van der Waals surface area contributed by atoms with Crippen LogP contribution in [0.1, 0.15) is 30.9 Å². The summed E-state index contributed by atoms with van der Waals surface area (Å²) in [7, 11) is 0. The van der Waals surface area contributed by atoms with Gasteiger partial charge in [-0.05, 0) is 48.2 Å². The Balaban J connectivity index is 1.80. The van der Waals surface area contributed by atoms with Gasteiger partial charge in [-0.15, -0.1) is 0 Å². The average molecular weight is 311 g/mol. The molecular formula is C19H21NO3. The highest BCUT2D eigenvalue weighted by molar-refractivity contribution is 5.69. The van der Waals surface area contributed by atoms with Crippen molar-refractivity contribution in [2.75, 3.05) is 13.1 Å². The van der Waals surface area contributed by atoms with E-state index in [0.29, 0.717) is 0 Å². The number of carboxylic acids is 1. The van der Waals surface area contributed by atoms with Crippen LogP contribution in [0.15, 0.2) is 48.5 Å². The normalized spacial score (nSPS) is 18.7. The minimum atomic E-state index is -0.766. The largest absolute Gasteiger partial charge is 0.508 e. The van der Waals surface area contributed by atoms with Gasteiger partial charge in [0.15, 0.2) is 0 Å². The molecule has 4 nitrogen and oxygen atoms in total. The zero-order valence-corrected chi connectivity index (χ0v) is 13.0. The minimum absolute atomic E-state index is 0.102. The first-order valence-corrected chi connectivity index (χ1v) is 7.99. The number of rotatable bonds is 4. The zero-order valence-electron chi connectivity index (χ0n) is 13.0. The van der Waals surface area contributed by atoms with Crippen LogP contribution < -0.4 is 0 Å². The Bertz CT molecular complexity index is 664. The van der Waals surface area contributed by atoms with Crippen molar-refractivity contribution in [3.05, 3.63) is 54.1 Å². The van der Waals surface area contributed by atoms with E-state index >= 15 is 0 Å². The van der Waals surface area contributed by atoms with Crippen LogP contribution in [-0.4, -0.2) is 34.2 Å². The van der Waals surface area contributed by atoms with Gasteiger partial charge in [0, 0.05) is 6.04 Å². The lowest BCUT2D eigenvalue weighted by Crippen LogP contribution is -2.37. The summed E-state index contributed by atoms with van der Waals surface area (Å²) in [6.07, 6.45) is 3.21. The third-order valence-electron chi connectivity index (χ3n) is 4.45. The molecule has 0 aromatic heterocycles. The summed E-state index contributed by atoms with van der Waals surface area (Å²) in [5.41, 5.74) is 3.32. The van der Waals surface area contributed by atoms with Gasteiger partial charge in [0.1, 0.15) is 5.75 Å². The SMILES string of the molecule is O=C(O)CN1CCCCC1c1ccc(-c2ccc(O)cc2)cc1. The van der Waals surface area contributed by atoms with E-state index in [1.165, 1.54) is 5.56 Å². The summed E-state index contributed by atoms with van der Waals surface area (Å²) < 4.78 is 0. The summed E-state index contributed by atoms with van der Waals surface area (Å²) in [6.45, 7) is 0.945. The fraction of sp³-hybridized carbons (Fsp3) is 0.316. The molecule has 2 aromatic rings. The monoisotopic (exact) mass is 311 g/mol. The van der Waals surface area contributed by atoms with Gasteiger partial charge in [-0.25, -0.2) is 0 Å². The van der Waals surface area contributed by atoms with Crippen molar-refractivity contribution in [2.24, 2.45) is 0 Å². The zero-order chi connectivity index (χ0) is 16.2. The van der Waals surface area contributed by atoms with E-state index in [9.17, 15) is 9.90 Å². The molecule has 0 saturated carbocycles. The quantitative estimate of drug-likeness (QED) is 0.904. The average Bonchev–Trinajstić information content (AvgIpc) is 2.56. The van der Waals surface area contributed by atoms with E-state index in [0.717, 1.165) is 36.9 Å². The lowest BCUT2D eigenvalue weighted by Gasteiger charge is -2.34. The van der Waals surface area contributed by atoms with Crippen LogP contribution in [0.25, 0.3) is 11.1 Å². The van der Waals surface area contributed by atoms with Crippen LogP contribution >= 0.6 is 0 Å². The number of likely N-dealkylation sites (tertiary alicyclic amines) is 1.